The molecule has 0 spiro atoms. The zero-order valence-electron chi connectivity index (χ0n) is 16.9. The summed E-state index contributed by atoms with van der Waals surface area (Å²) in [5.41, 5.74) is 0.478. The second kappa shape index (κ2) is 12.7. The van der Waals surface area contributed by atoms with Gasteiger partial charge in [-0.05, 0) is 45.4 Å². The molecule has 9 heteroatoms. The number of carbonyl (C=O) groups is 3. The van der Waals surface area contributed by atoms with Crippen LogP contribution in [0.25, 0.3) is 0 Å². The highest BCUT2D eigenvalue weighted by molar-refractivity contribution is 6.25. The van der Waals surface area contributed by atoms with Crippen molar-refractivity contribution in [3.8, 4) is 5.75 Å². The molecular weight excluding hydrogens is 382 g/mol. The van der Waals surface area contributed by atoms with E-state index in [1.54, 1.807) is 18.2 Å². The van der Waals surface area contributed by atoms with Crippen LogP contribution in [0.2, 0.25) is 0 Å². The lowest BCUT2D eigenvalue weighted by atomic mass is 10.2. The lowest BCUT2D eigenvalue weighted by Crippen LogP contribution is -2.45. The minimum absolute atomic E-state index is 0.307. The Bertz CT molecular complexity index is 656. The van der Waals surface area contributed by atoms with Crippen LogP contribution in [0, 0.1) is 0 Å². The first-order valence-corrected chi connectivity index (χ1v) is 9.34. The predicted molar refractivity (Wildman–Crippen MR) is 99.0 cm³/mol. The number of para-hydroxylation sites is 1. The van der Waals surface area contributed by atoms with E-state index in [9.17, 15) is 4.79 Å². The lowest BCUT2D eigenvalue weighted by molar-refractivity contribution is -0.345. The summed E-state index contributed by atoms with van der Waals surface area (Å²) in [6.07, 6.45) is 2.64. The quantitative estimate of drug-likeness (QED) is 0.324. The predicted octanol–water partition coefficient (Wildman–Crippen LogP) is -0.772. The van der Waals surface area contributed by atoms with Crippen LogP contribution in [0.4, 0.5) is 0 Å². The molecule has 0 saturated carbocycles. The normalized spacial score (nSPS) is 18.9. The van der Waals surface area contributed by atoms with Gasteiger partial charge in [0, 0.05) is 13.1 Å². The number of carboxylic acids is 2. The summed E-state index contributed by atoms with van der Waals surface area (Å²) in [6, 6.07) is 7.19. The van der Waals surface area contributed by atoms with E-state index in [1.807, 2.05) is 6.07 Å². The number of ether oxygens (including phenoxy) is 3. The van der Waals surface area contributed by atoms with Gasteiger partial charge in [0.05, 0.1) is 37.9 Å². The van der Waals surface area contributed by atoms with E-state index >= 15 is 0 Å². The van der Waals surface area contributed by atoms with Crippen LogP contribution in [-0.4, -0.2) is 68.4 Å². The van der Waals surface area contributed by atoms with Crippen molar-refractivity contribution >= 4 is 17.9 Å². The van der Waals surface area contributed by atoms with E-state index in [0.717, 1.165) is 32.5 Å². The molecular formula is C20H27NO8-2. The minimum atomic E-state index is -2.19. The molecule has 2 rings (SSSR count). The summed E-state index contributed by atoms with van der Waals surface area (Å²) >= 11 is 0. The summed E-state index contributed by atoms with van der Waals surface area (Å²) in [4.78, 5) is 32.0. The molecule has 0 amide bonds. The zero-order valence-corrected chi connectivity index (χ0v) is 16.9. The maximum Gasteiger partial charge on any atom is 0.341 e. The largest absolute Gasteiger partial charge is 0.543 e. The zero-order chi connectivity index (χ0) is 21.8. The molecule has 0 bridgehead atoms. The molecule has 2 atom stereocenters. The topological polar surface area (TPSA) is 128 Å². The van der Waals surface area contributed by atoms with Gasteiger partial charge < -0.3 is 34.0 Å². The number of hydrogen-bond acceptors (Lipinski definition) is 9. The van der Waals surface area contributed by atoms with Gasteiger partial charge in [0.25, 0.3) is 0 Å². The average molecular weight is 409 g/mol. The smallest absolute Gasteiger partial charge is 0.341 e. The van der Waals surface area contributed by atoms with Gasteiger partial charge in [0.2, 0.25) is 0 Å². The molecule has 1 aromatic carbocycles. The highest BCUT2D eigenvalue weighted by Gasteiger charge is 2.21. The highest BCUT2D eigenvalue weighted by atomic mass is 16.5. The van der Waals surface area contributed by atoms with Crippen molar-refractivity contribution in [3.63, 3.8) is 0 Å². The van der Waals surface area contributed by atoms with Crippen LogP contribution < -0.4 is 14.9 Å². The molecule has 162 valence electrons. The van der Waals surface area contributed by atoms with Crippen molar-refractivity contribution in [3.05, 3.63) is 29.8 Å². The number of carboxylic acid groups (broad SMARTS) is 2. The van der Waals surface area contributed by atoms with E-state index in [0.29, 0.717) is 30.1 Å². The number of benzene rings is 1. The van der Waals surface area contributed by atoms with E-state index in [-0.39, 0.29) is 5.97 Å². The van der Waals surface area contributed by atoms with Gasteiger partial charge >= 0.3 is 5.97 Å². The van der Waals surface area contributed by atoms with Gasteiger partial charge in [0.1, 0.15) is 11.3 Å². The first-order valence-electron chi connectivity index (χ1n) is 9.34. The number of methoxy groups -OCH3 is 1. The van der Waals surface area contributed by atoms with Crippen LogP contribution in [0.5, 0.6) is 5.75 Å². The SMILES string of the molecule is COC(=O)c1ccccc1OCCCCN1CC(C)OC(C)C1.O=C([O-])C(=O)[O-]. The van der Waals surface area contributed by atoms with Gasteiger partial charge in [-0.2, -0.15) is 0 Å². The third-order valence-corrected chi connectivity index (χ3v) is 4.08. The molecule has 0 N–H and O–H groups in total. The van der Waals surface area contributed by atoms with Crippen molar-refractivity contribution in [2.24, 2.45) is 0 Å². The van der Waals surface area contributed by atoms with Crippen molar-refractivity contribution in [2.75, 3.05) is 33.4 Å². The van der Waals surface area contributed by atoms with Crippen molar-refractivity contribution in [1.29, 1.82) is 0 Å². The molecule has 0 radical (unpaired) electrons. The average Bonchev–Trinajstić information content (AvgIpc) is 2.67. The van der Waals surface area contributed by atoms with E-state index < -0.39 is 11.9 Å². The maximum atomic E-state index is 11.7. The highest BCUT2D eigenvalue weighted by Crippen LogP contribution is 2.19. The van der Waals surface area contributed by atoms with Crippen LogP contribution in [0.1, 0.15) is 37.0 Å². The van der Waals surface area contributed by atoms with Crippen LogP contribution in [-0.2, 0) is 19.1 Å². The molecule has 1 heterocycles. The summed E-state index contributed by atoms with van der Waals surface area (Å²) in [6.45, 7) is 7.89. The summed E-state index contributed by atoms with van der Waals surface area (Å²) in [5.74, 6) is -4.14. The summed E-state index contributed by atoms with van der Waals surface area (Å²) in [5, 5.41) is 17.9. The fourth-order valence-electron chi connectivity index (χ4n) is 2.96. The Morgan fingerprint density at radius 2 is 1.66 bits per heavy atom. The molecule has 1 saturated heterocycles. The summed E-state index contributed by atoms with van der Waals surface area (Å²) in [7, 11) is 1.38. The van der Waals surface area contributed by atoms with E-state index in [1.165, 1.54) is 7.11 Å². The second-order valence-corrected chi connectivity index (χ2v) is 6.64. The number of unbranched alkanes of at least 4 members (excludes halogenated alkanes) is 1. The standard InChI is InChI=1S/C18H27NO4.C2H2O4/c1-14-12-19(13-15(2)23-14)10-6-7-11-22-17-9-5-4-8-16(17)18(20)21-3;3-1(4)2(5)6/h4-5,8-9,14-15H,6-7,10-13H2,1-3H3;(H,3,4)(H,5,6)/p-2. The third kappa shape index (κ3) is 9.40. The number of nitrogens with zero attached hydrogens (tertiary/aromatic N) is 1. The molecule has 1 aliphatic heterocycles. The van der Waals surface area contributed by atoms with Crippen molar-refractivity contribution in [1.82, 2.24) is 4.90 Å². The van der Waals surface area contributed by atoms with Crippen LogP contribution >= 0.6 is 0 Å². The third-order valence-electron chi connectivity index (χ3n) is 4.08. The van der Waals surface area contributed by atoms with Gasteiger partial charge in [-0.25, -0.2) is 4.79 Å². The maximum absolute atomic E-state index is 11.7. The van der Waals surface area contributed by atoms with Gasteiger partial charge in [-0.1, -0.05) is 12.1 Å². The Kier molecular flexibility index (Phi) is 10.7. The molecule has 1 fully saturated rings. The van der Waals surface area contributed by atoms with E-state index in [4.69, 9.17) is 34.0 Å². The Morgan fingerprint density at radius 1 is 1.07 bits per heavy atom. The first-order chi connectivity index (χ1) is 13.7. The molecule has 1 aromatic rings. The Hall–Kier alpha value is -2.65. The number of morpholine rings is 1. The van der Waals surface area contributed by atoms with Crippen LogP contribution in [0.3, 0.4) is 0 Å². The Morgan fingerprint density at radius 3 is 2.21 bits per heavy atom. The van der Waals surface area contributed by atoms with Crippen LogP contribution in [0.15, 0.2) is 24.3 Å². The van der Waals surface area contributed by atoms with Crippen molar-refractivity contribution < 1.29 is 38.8 Å². The van der Waals surface area contributed by atoms with Gasteiger partial charge in [-0.3, -0.25) is 4.90 Å². The van der Waals surface area contributed by atoms with Gasteiger partial charge in [0.15, 0.2) is 0 Å². The lowest BCUT2D eigenvalue weighted by Gasteiger charge is -2.35. The molecule has 0 aliphatic carbocycles. The first kappa shape index (κ1) is 24.4. The van der Waals surface area contributed by atoms with Crippen molar-refractivity contribution in [2.45, 2.75) is 38.9 Å². The van der Waals surface area contributed by atoms with E-state index in [2.05, 4.69) is 18.7 Å². The number of aliphatic carboxylic acids is 2. The minimum Gasteiger partial charge on any atom is -0.543 e. The Balaban J connectivity index is 0.000000612. The monoisotopic (exact) mass is 409 g/mol. The molecule has 29 heavy (non-hydrogen) atoms. The molecule has 0 aromatic heterocycles. The number of carbonyl (C=O) groups excluding carboxylic acids is 3. The summed E-state index contributed by atoms with van der Waals surface area (Å²) < 4.78 is 16.3. The second-order valence-electron chi connectivity index (χ2n) is 6.64. The fourth-order valence-corrected chi connectivity index (χ4v) is 2.96. The molecule has 2 unspecified atom stereocenters. The van der Waals surface area contributed by atoms with Gasteiger partial charge in [-0.15, -0.1) is 0 Å². The number of esters is 1. The number of rotatable bonds is 7. The fraction of sp³-hybridized carbons (Fsp3) is 0.550. The Labute approximate surface area is 170 Å². The molecule has 9 nitrogen and oxygen atoms in total. The molecule has 1 aliphatic rings. The number of hydrogen-bond donors (Lipinski definition) is 0.